The highest BCUT2D eigenvalue weighted by atomic mass is 16.2. The maximum absolute atomic E-state index is 11.7. The number of nitrogen functional groups attached to an aromatic ring is 1. The lowest BCUT2D eigenvalue weighted by Crippen LogP contribution is -2.32. The average molecular weight is 236 g/mol. The monoisotopic (exact) mass is 236 g/mol. The molecule has 5 heteroatoms. The van der Waals surface area contributed by atoms with E-state index < -0.39 is 0 Å². The summed E-state index contributed by atoms with van der Waals surface area (Å²) in [5.74, 6) is 0.675. The number of amides is 1. The first kappa shape index (κ1) is 12.0. The number of carbonyl (C=O) groups excluding carboxylic acids is 1. The van der Waals surface area contributed by atoms with Crippen LogP contribution in [-0.4, -0.2) is 22.2 Å². The third-order valence-corrected chi connectivity index (χ3v) is 3.27. The molecule has 0 aliphatic heterocycles. The van der Waals surface area contributed by atoms with Crippen LogP contribution in [0.25, 0.3) is 0 Å². The fraction of sp³-hybridized carbons (Fsp3) is 0.667. The minimum Gasteiger partial charge on any atom is -0.396 e. The van der Waals surface area contributed by atoms with Gasteiger partial charge in [0.05, 0.1) is 11.9 Å². The number of nitrogens with two attached hydrogens (primary N) is 1. The Labute approximate surface area is 101 Å². The Morgan fingerprint density at radius 1 is 1.47 bits per heavy atom. The Morgan fingerprint density at radius 2 is 2.24 bits per heavy atom. The summed E-state index contributed by atoms with van der Waals surface area (Å²) in [7, 11) is 0. The molecule has 0 atom stereocenters. The molecule has 1 aliphatic rings. The van der Waals surface area contributed by atoms with Crippen molar-refractivity contribution in [1.82, 2.24) is 15.1 Å². The van der Waals surface area contributed by atoms with Crippen LogP contribution < -0.4 is 11.1 Å². The third kappa shape index (κ3) is 3.76. The summed E-state index contributed by atoms with van der Waals surface area (Å²) in [5.41, 5.74) is 6.12. The average Bonchev–Trinajstić information content (AvgIpc) is 2.73. The Balaban J connectivity index is 1.70. The largest absolute Gasteiger partial charge is 0.396 e. The highest BCUT2D eigenvalue weighted by Gasteiger charge is 2.14. The smallest absolute Gasteiger partial charge is 0.241 e. The second kappa shape index (κ2) is 5.70. The fourth-order valence-electron chi connectivity index (χ4n) is 2.32. The van der Waals surface area contributed by atoms with Crippen molar-refractivity contribution in [3.63, 3.8) is 0 Å². The van der Waals surface area contributed by atoms with Gasteiger partial charge in [-0.3, -0.25) is 9.48 Å². The van der Waals surface area contributed by atoms with E-state index in [4.69, 9.17) is 5.73 Å². The van der Waals surface area contributed by atoms with Crippen molar-refractivity contribution in [3.05, 3.63) is 12.4 Å². The molecule has 1 amide bonds. The Kier molecular flexibility index (Phi) is 4.01. The summed E-state index contributed by atoms with van der Waals surface area (Å²) >= 11 is 0. The van der Waals surface area contributed by atoms with Gasteiger partial charge in [0.15, 0.2) is 0 Å². The molecule has 0 aromatic carbocycles. The van der Waals surface area contributed by atoms with Crippen molar-refractivity contribution in [2.75, 3.05) is 12.3 Å². The normalized spacial score (nSPS) is 16.9. The molecule has 1 aromatic heterocycles. The van der Waals surface area contributed by atoms with Crippen molar-refractivity contribution < 1.29 is 4.79 Å². The number of anilines is 1. The van der Waals surface area contributed by atoms with Crippen LogP contribution in [0.4, 0.5) is 5.69 Å². The van der Waals surface area contributed by atoms with E-state index >= 15 is 0 Å². The van der Waals surface area contributed by atoms with E-state index in [1.807, 2.05) is 0 Å². The highest BCUT2D eigenvalue weighted by Crippen LogP contribution is 2.22. The zero-order valence-corrected chi connectivity index (χ0v) is 10.1. The van der Waals surface area contributed by atoms with E-state index in [0.717, 1.165) is 6.54 Å². The number of rotatable bonds is 4. The van der Waals surface area contributed by atoms with Crippen molar-refractivity contribution >= 4 is 11.6 Å². The third-order valence-electron chi connectivity index (χ3n) is 3.27. The maximum atomic E-state index is 11.7. The summed E-state index contributed by atoms with van der Waals surface area (Å²) in [5, 5.41) is 6.95. The van der Waals surface area contributed by atoms with Crippen molar-refractivity contribution in [2.24, 2.45) is 5.92 Å². The van der Waals surface area contributed by atoms with Gasteiger partial charge < -0.3 is 11.1 Å². The van der Waals surface area contributed by atoms with E-state index in [1.165, 1.54) is 32.1 Å². The molecule has 0 saturated heterocycles. The maximum Gasteiger partial charge on any atom is 0.241 e. The molecule has 1 fully saturated rings. The molecule has 0 bridgehead atoms. The number of carbonyl (C=O) groups is 1. The summed E-state index contributed by atoms with van der Waals surface area (Å²) < 4.78 is 1.56. The zero-order chi connectivity index (χ0) is 12.1. The van der Waals surface area contributed by atoms with E-state index in [1.54, 1.807) is 17.1 Å². The standard InChI is InChI=1S/C12H20N4O/c13-11-7-15-16(8-11)9-12(17)14-6-10-4-2-1-3-5-10/h7-8,10H,1-6,9,13H2,(H,14,17). The van der Waals surface area contributed by atoms with Gasteiger partial charge in [-0.2, -0.15) is 5.10 Å². The topological polar surface area (TPSA) is 72.9 Å². The van der Waals surface area contributed by atoms with Gasteiger partial charge in [-0.1, -0.05) is 19.3 Å². The molecule has 1 aliphatic carbocycles. The van der Waals surface area contributed by atoms with Gasteiger partial charge in [-0.25, -0.2) is 0 Å². The second-order valence-electron chi connectivity index (χ2n) is 4.78. The first-order valence-corrected chi connectivity index (χ1v) is 6.28. The van der Waals surface area contributed by atoms with Gasteiger partial charge in [-0.15, -0.1) is 0 Å². The predicted molar refractivity (Wildman–Crippen MR) is 66.2 cm³/mol. The second-order valence-corrected chi connectivity index (χ2v) is 4.78. The van der Waals surface area contributed by atoms with E-state index in [-0.39, 0.29) is 12.5 Å². The van der Waals surface area contributed by atoms with Crippen LogP contribution in [0.2, 0.25) is 0 Å². The molecule has 0 unspecified atom stereocenters. The minimum absolute atomic E-state index is 0.0127. The quantitative estimate of drug-likeness (QED) is 0.824. The SMILES string of the molecule is Nc1cnn(CC(=O)NCC2CCCCC2)c1. The first-order valence-electron chi connectivity index (χ1n) is 6.28. The molecule has 5 nitrogen and oxygen atoms in total. The van der Waals surface area contributed by atoms with Gasteiger partial charge >= 0.3 is 0 Å². The predicted octanol–water partition coefficient (Wildman–Crippen LogP) is 1.16. The Morgan fingerprint density at radius 3 is 2.88 bits per heavy atom. The molecule has 1 heterocycles. The fourth-order valence-corrected chi connectivity index (χ4v) is 2.32. The van der Waals surface area contributed by atoms with E-state index in [9.17, 15) is 4.79 Å². The molecule has 1 saturated carbocycles. The molecule has 0 spiro atoms. The number of aromatic nitrogens is 2. The van der Waals surface area contributed by atoms with Gasteiger partial charge in [0.2, 0.25) is 5.91 Å². The van der Waals surface area contributed by atoms with Crippen LogP contribution in [0.1, 0.15) is 32.1 Å². The molecule has 94 valence electrons. The van der Waals surface area contributed by atoms with Gasteiger partial charge in [0.1, 0.15) is 6.54 Å². The van der Waals surface area contributed by atoms with Crippen LogP contribution in [-0.2, 0) is 11.3 Å². The lowest BCUT2D eigenvalue weighted by atomic mass is 9.89. The zero-order valence-electron chi connectivity index (χ0n) is 10.1. The highest BCUT2D eigenvalue weighted by molar-refractivity contribution is 5.75. The van der Waals surface area contributed by atoms with Crippen LogP contribution in [0.3, 0.4) is 0 Å². The minimum atomic E-state index is 0.0127. The lowest BCUT2D eigenvalue weighted by Gasteiger charge is -2.21. The molecule has 2 rings (SSSR count). The molecular weight excluding hydrogens is 216 g/mol. The molecule has 0 radical (unpaired) electrons. The Bertz CT molecular complexity index is 368. The van der Waals surface area contributed by atoms with Crippen LogP contribution in [0, 0.1) is 5.92 Å². The number of nitrogens with zero attached hydrogens (tertiary/aromatic N) is 2. The Hall–Kier alpha value is -1.52. The molecular formula is C12H20N4O. The summed E-state index contributed by atoms with van der Waals surface area (Å²) in [4.78, 5) is 11.7. The van der Waals surface area contributed by atoms with E-state index in [2.05, 4.69) is 10.4 Å². The van der Waals surface area contributed by atoms with Crippen LogP contribution >= 0.6 is 0 Å². The van der Waals surface area contributed by atoms with Crippen molar-refractivity contribution in [3.8, 4) is 0 Å². The molecule has 1 aromatic rings. The van der Waals surface area contributed by atoms with Gasteiger partial charge in [0, 0.05) is 12.7 Å². The number of nitrogens with one attached hydrogen (secondary N) is 1. The van der Waals surface area contributed by atoms with E-state index in [0.29, 0.717) is 11.6 Å². The summed E-state index contributed by atoms with van der Waals surface area (Å²) in [6, 6.07) is 0. The number of hydrogen-bond donors (Lipinski definition) is 2. The molecule has 3 N–H and O–H groups in total. The van der Waals surface area contributed by atoms with Crippen molar-refractivity contribution in [2.45, 2.75) is 38.6 Å². The lowest BCUT2D eigenvalue weighted by molar-refractivity contribution is -0.122. The number of hydrogen-bond acceptors (Lipinski definition) is 3. The van der Waals surface area contributed by atoms with Gasteiger partial charge in [-0.05, 0) is 18.8 Å². The summed E-state index contributed by atoms with van der Waals surface area (Å²) in [6.07, 6.45) is 9.65. The first-order chi connectivity index (χ1) is 8.24. The molecule has 17 heavy (non-hydrogen) atoms. The van der Waals surface area contributed by atoms with Crippen LogP contribution in [0.15, 0.2) is 12.4 Å². The van der Waals surface area contributed by atoms with Crippen LogP contribution in [0.5, 0.6) is 0 Å². The van der Waals surface area contributed by atoms with Gasteiger partial charge in [0.25, 0.3) is 0 Å². The van der Waals surface area contributed by atoms with Crippen molar-refractivity contribution in [1.29, 1.82) is 0 Å². The summed E-state index contributed by atoms with van der Waals surface area (Å²) in [6.45, 7) is 1.06.